The molecule has 0 fully saturated rings. The van der Waals surface area contributed by atoms with Gasteiger partial charge in [-0.05, 0) is 11.5 Å². The molecular formula is C17H20N4OS. The van der Waals surface area contributed by atoms with Gasteiger partial charge in [0.15, 0.2) is 0 Å². The van der Waals surface area contributed by atoms with Crippen molar-refractivity contribution >= 4 is 33.1 Å². The van der Waals surface area contributed by atoms with Crippen LogP contribution in [0.5, 0.6) is 0 Å². The lowest BCUT2D eigenvalue weighted by atomic mass is 10.1. The van der Waals surface area contributed by atoms with Gasteiger partial charge in [-0.15, -0.1) is 0 Å². The van der Waals surface area contributed by atoms with E-state index in [0.717, 1.165) is 36.2 Å². The van der Waals surface area contributed by atoms with E-state index in [1.54, 1.807) is 7.11 Å². The van der Waals surface area contributed by atoms with E-state index in [1.165, 1.54) is 22.3 Å². The Kier molecular flexibility index (Phi) is 5.39. The Morgan fingerprint density at radius 2 is 1.87 bits per heavy atom. The lowest BCUT2D eigenvalue weighted by Gasteiger charge is -2.10. The molecule has 0 aliphatic carbocycles. The number of nitrogens with one attached hydrogen (secondary N) is 2. The average Bonchev–Trinajstić information content (AvgIpc) is 3.05. The SMILES string of the molecule is COCCc1nsc(NCCNc2cccc3ccccc23)n1. The molecule has 0 saturated heterocycles. The molecule has 0 aliphatic rings. The molecule has 0 amide bonds. The van der Waals surface area contributed by atoms with Crippen LogP contribution in [0.3, 0.4) is 0 Å². The highest BCUT2D eigenvalue weighted by Crippen LogP contribution is 2.22. The molecule has 0 aliphatic heterocycles. The highest BCUT2D eigenvalue weighted by molar-refractivity contribution is 7.09. The Balaban J connectivity index is 1.50. The van der Waals surface area contributed by atoms with Gasteiger partial charge in [0.25, 0.3) is 0 Å². The first-order valence-electron chi connectivity index (χ1n) is 7.64. The fraction of sp³-hybridized carbons (Fsp3) is 0.294. The Hall–Kier alpha value is -2.18. The minimum atomic E-state index is 0.652. The molecule has 120 valence electrons. The molecule has 3 rings (SSSR count). The Labute approximate surface area is 139 Å². The summed E-state index contributed by atoms with van der Waals surface area (Å²) in [6.07, 6.45) is 0.753. The maximum absolute atomic E-state index is 5.03. The first kappa shape index (κ1) is 15.7. The van der Waals surface area contributed by atoms with Crippen LogP contribution in [0.25, 0.3) is 10.8 Å². The number of aromatic nitrogens is 2. The van der Waals surface area contributed by atoms with E-state index < -0.39 is 0 Å². The van der Waals surface area contributed by atoms with Gasteiger partial charge in [-0.3, -0.25) is 0 Å². The fourth-order valence-corrected chi connectivity index (χ4v) is 3.00. The van der Waals surface area contributed by atoms with E-state index in [2.05, 4.69) is 62.5 Å². The summed E-state index contributed by atoms with van der Waals surface area (Å²) in [6.45, 7) is 2.27. The van der Waals surface area contributed by atoms with Gasteiger partial charge in [-0.2, -0.15) is 4.37 Å². The van der Waals surface area contributed by atoms with Crippen molar-refractivity contribution in [3.05, 3.63) is 48.3 Å². The summed E-state index contributed by atoms with van der Waals surface area (Å²) in [6, 6.07) is 14.7. The van der Waals surface area contributed by atoms with E-state index in [1.807, 2.05) is 0 Å². The summed E-state index contributed by atoms with van der Waals surface area (Å²) in [7, 11) is 1.69. The van der Waals surface area contributed by atoms with Gasteiger partial charge in [-0.25, -0.2) is 4.98 Å². The van der Waals surface area contributed by atoms with Crippen LogP contribution in [0.15, 0.2) is 42.5 Å². The van der Waals surface area contributed by atoms with Crippen molar-refractivity contribution in [1.82, 2.24) is 9.36 Å². The normalized spacial score (nSPS) is 10.8. The maximum Gasteiger partial charge on any atom is 0.202 e. The molecule has 5 nitrogen and oxygen atoms in total. The van der Waals surface area contributed by atoms with E-state index in [4.69, 9.17) is 4.74 Å². The van der Waals surface area contributed by atoms with Crippen molar-refractivity contribution in [3.63, 3.8) is 0 Å². The van der Waals surface area contributed by atoms with Gasteiger partial charge in [0.05, 0.1) is 6.61 Å². The lowest BCUT2D eigenvalue weighted by Crippen LogP contribution is -2.13. The summed E-state index contributed by atoms with van der Waals surface area (Å²) in [5, 5.41) is 10.1. The predicted octanol–water partition coefficient (Wildman–Crippen LogP) is 3.40. The monoisotopic (exact) mass is 328 g/mol. The third-order valence-electron chi connectivity index (χ3n) is 3.50. The third kappa shape index (κ3) is 4.18. The second kappa shape index (κ2) is 7.89. The summed E-state index contributed by atoms with van der Waals surface area (Å²) >= 11 is 1.39. The van der Waals surface area contributed by atoms with Crippen molar-refractivity contribution < 1.29 is 4.74 Å². The van der Waals surface area contributed by atoms with Gasteiger partial charge < -0.3 is 15.4 Å². The molecule has 1 aromatic heterocycles. The first-order valence-corrected chi connectivity index (χ1v) is 8.41. The Bertz CT molecular complexity index is 754. The predicted molar refractivity (Wildman–Crippen MR) is 96.4 cm³/mol. The number of fused-ring (bicyclic) bond motifs is 1. The number of hydrogen-bond acceptors (Lipinski definition) is 6. The topological polar surface area (TPSA) is 59.1 Å². The zero-order valence-corrected chi connectivity index (χ0v) is 13.9. The molecule has 0 bridgehead atoms. The molecule has 1 heterocycles. The van der Waals surface area contributed by atoms with Gasteiger partial charge >= 0.3 is 0 Å². The standard InChI is InChI=1S/C17H20N4OS/c1-22-12-9-16-20-17(23-21-16)19-11-10-18-15-8-4-6-13-5-2-3-7-14(13)15/h2-8,18H,9-12H2,1H3,(H,19,20,21). The van der Waals surface area contributed by atoms with Crippen LogP contribution < -0.4 is 10.6 Å². The molecule has 0 saturated carbocycles. The van der Waals surface area contributed by atoms with E-state index in [9.17, 15) is 0 Å². The highest BCUT2D eigenvalue weighted by atomic mass is 32.1. The van der Waals surface area contributed by atoms with E-state index in [0.29, 0.717) is 6.61 Å². The van der Waals surface area contributed by atoms with Crippen LogP contribution in [0, 0.1) is 0 Å². The number of rotatable bonds is 8. The van der Waals surface area contributed by atoms with Crippen LogP contribution in [0.4, 0.5) is 10.8 Å². The van der Waals surface area contributed by atoms with Crippen LogP contribution in [-0.4, -0.2) is 36.2 Å². The summed E-state index contributed by atoms with van der Waals surface area (Å²) in [5.74, 6) is 0.835. The van der Waals surface area contributed by atoms with Crippen molar-refractivity contribution in [2.75, 3.05) is 37.4 Å². The molecule has 0 spiro atoms. The zero-order valence-electron chi connectivity index (χ0n) is 13.1. The number of anilines is 2. The number of hydrogen-bond donors (Lipinski definition) is 2. The van der Waals surface area contributed by atoms with Crippen molar-refractivity contribution in [3.8, 4) is 0 Å². The minimum absolute atomic E-state index is 0.652. The Morgan fingerprint density at radius 3 is 2.78 bits per heavy atom. The van der Waals surface area contributed by atoms with E-state index >= 15 is 0 Å². The number of methoxy groups -OCH3 is 1. The number of ether oxygens (including phenoxy) is 1. The minimum Gasteiger partial charge on any atom is -0.384 e. The van der Waals surface area contributed by atoms with Gasteiger partial charge in [0.2, 0.25) is 5.13 Å². The fourth-order valence-electron chi connectivity index (χ4n) is 2.37. The quantitative estimate of drug-likeness (QED) is 0.621. The molecule has 3 aromatic rings. The largest absolute Gasteiger partial charge is 0.384 e. The van der Waals surface area contributed by atoms with E-state index in [-0.39, 0.29) is 0 Å². The van der Waals surface area contributed by atoms with Crippen LogP contribution in [-0.2, 0) is 11.2 Å². The van der Waals surface area contributed by atoms with Crippen molar-refractivity contribution in [1.29, 1.82) is 0 Å². The summed E-state index contributed by atoms with van der Waals surface area (Å²) in [5.41, 5.74) is 1.16. The van der Waals surface area contributed by atoms with Crippen molar-refractivity contribution in [2.45, 2.75) is 6.42 Å². The van der Waals surface area contributed by atoms with Crippen LogP contribution in [0.2, 0.25) is 0 Å². The maximum atomic E-state index is 5.03. The van der Waals surface area contributed by atoms with Gasteiger partial charge in [-0.1, -0.05) is 36.4 Å². The molecule has 2 aromatic carbocycles. The molecular weight excluding hydrogens is 308 g/mol. The van der Waals surface area contributed by atoms with Gasteiger partial charge in [0.1, 0.15) is 5.82 Å². The molecule has 6 heteroatoms. The third-order valence-corrected chi connectivity index (χ3v) is 4.21. The second-order valence-electron chi connectivity index (χ2n) is 5.14. The Morgan fingerprint density at radius 1 is 1.04 bits per heavy atom. The molecule has 2 N–H and O–H groups in total. The van der Waals surface area contributed by atoms with Crippen molar-refractivity contribution in [2.24, 2.45) is 0 Å². The van der Waals surface area contributed by atoms with Gasteiger partial charge in [0, 0.05) is 49.2 Å². The molecule has 0 radical (unpaired) electrons. The number of nitrogens with zero attached hydrogens (tertiary/aromatic N) is 2. The summed E-state index contributed by atoms with van der Waals surface area (Å²) < 4.78 is 9.33. The number of benzene rings is 2. The van der Waals surface area contributed by atoms with Crippen LogP contribution in [0.1, 0.15) is 5.82 Å². The summed E-state index contributed by atoms with van der Waals surface area (Å²) in [4.78, 5) is 4.43. The van der Waals surface area contributed by atoms with Crippen LogP contribution >= 0.6 is 11.5 Å². The first-order chi connectivity index (χ1) is 11.4. The molecule has 23 heavy (non-hydrogen) atoms. The molecule has 0 unspecified atom stereocenters. The smallest absolute Gasteiger partial charge is 0.202 e. The lowest BCUT2D eigenvalue weighted by molar-refractivity contribution is 0.201. The zero-order chi connectivity index (χ0) is 15.9. The second-order valence-corrected chi connectivity index (χ2v) is 5.89. The highest BCUT2D eigenvalue weighted by Gasteiger charge is 2.03. The molecule has 0 atom stereocenters. The average molecular weight is 328 g/mol.